The summed E-state index contributed by atoms with van der Waals surface area (Å²) in [7, 11) is 0. The van der Waals surface area contributed by atoms with Crippen LogP contribution in [0.1, 0.15) is 0 Å². The van der Waals surface area contributed by atoms with E-state index in [1.807, 2.05) is 0 Å². The molecule has 0 radical (unpaired) electrons. The molecule has 124 valence electrons. The van der Waals surface area contributed by atoms with Crippen LogP contribution in [0.25, 0.3) is 11.1 Å². The SMILES string of the molecule is C=CC(=O)Oc1ccc(-c2ccc(OS(=O)C=C)cc2F)c(F)c1. The fourth-order valence-corrected chi connectivity index (χ4v) is 2.19. The molecule has 0 aromatic heterocycles. The van der Waals surface area contributed by atoms with Gasteiger partial charge in [-0.15, -0.1) is 0 Å². The predicted molar refractivity (Wildman–Crippen MR) is 86.6 cm³/mol. The molecule has 2 aromatic rings. The maximum atomic E-state index is 14.2. The summed E-state index contributed by atoms with van der Waals surface area (Å²) < 4.78 is 49.2. The molecule has 0 N–H and O–H groups in total. The van der Waals surface area contributed by atoms with Crippen LogP contribution < -0.4 is 8.92 Å². The number of ether oxygens (including phenoxy) is 1. The van der Waals surface area contributed by atoms with Gasteiger partial charge in [-0.25, -0.2) is 17.8 Å². The molecule has 1 unspecified atom stereocenters. The number of hydrogen-bond donors (Lipinski definition) is 0. The van der Waals surface area contributed by atoms with Crippen LogP contribution in [0.2, 0.25) is 0 Å². The largest absolute Gasteiger partial charge is 0.423 e. The molecule has 0 fully saturated rings. The summed E-state index contributed by atoms with van der Waals surface area (Å²) in [5.41, 5.74) is -0.0480. The Balaban J connectivity index is 2.31. The van der Waals surface area contributed by atoms with Gasteiger partial charge in [0, 0.05) is 34.7 Å². The Hall–Kier alpha value is -2.80. The van der Waals surface area contributed by atoms with Crippen LogP contribution in [0, 0.1) is 11.6 Å². The summed E-state index contributed by atoms with van der Waals surface area (Å²) >= 11 is -1.79. The minimum absolute atomic E-state index is 0.0198. The van der Waals surface area contributed by atoms with Crippen molar-refractivity contribution >= 4 is 17.0 Å². The second-order valence-electron chi connectivity index (χ2n) is 4.42. The third kappa shape index (κ3) is 4.14. The summed E-state index contributed by atoms with van der Waals surface area (Å²) in [6.45, 7) is 6.51. The van der Waals surface area contributed by atoms with Crippen LogP contribution in [-0.2, 0) is 15.9 Å². The first-order chi connectivity index (χ1) is 11.4. The van der Waals surface area contributed by atoms with Crippen molar-refractivity contribution in [1.29, 1.82) is 0 Å². The number of rotatable bonds is 6. The maximum Gasteiger partial charge on any atom is 0.335 e. The van der Waals surface area contributed by atoms with E-state index in [-0.39, 0.29) is 22.6 Å². The fraction of sp³-hybridized carbons (Fsp3) is 0. The Kier molecular flexibility index (Phi) is 5.59. The van der Waals surface area contributed by atoms with Gasteiger partial charge in [-0.2, -0.15) is 0 Å². The van der Waals surface area contributed by atoms with Gasteiger partial charge in [-0.05, 0) is 24.3 Å². The smallest absolute Gasteiger partial charge is 0.335 e. The highest BCUT2D eigenvalue weighted by molar-refractivity contribution is 7.83. The molecule has 7 heteroatoms. The van der Waals surface area contributed by atoms with Crippen LogP contribution in [0.15, 0.2) is 61.0 Å². The zero-order chi connectivity index (χ0) is 17.7. The molecule has 0 heterocycles. The molecular formula is C17H12F2O4S. The van der Waals surface area contributed by atoms with Gasteiger partial charge in [0.05, 0.1) is 0 Å². The van der Waals surface area contributed by atoms with Crippen molar-refractivity contribution < 1.29 is 26.7 Å². The van der Waals surface area contributed by atoms with Gasteiger partial charge in [0.2, 0.25) is 11.1 Å². The molecular weight excluding hydrogens is 338 g/mol. The molecule has 2 aromatic carbocycles. The maximum absolute atomic E-state index is 14.2. The molecule has 1 atom stereocenters. The topological polar surface area (TPSA) is 52.6 Å². The minimum atomic E-state index is -1.79. The first-order valence-electron chi connectivity index (χ1n) is 6.59. The second-order valence-corrected chi connectivity index (χ2v) is 5.44. The molecule has 0 bridgehead atoms. The molecule has 0 spiro atoms. The standard InChI is InChI=1S/C17H12F2O4S/c1-3-17(20)22-11-5-7-13(15(18)9-11)14-8-6-12(10-16(14)19)23-24(21)4-2/h3-10H,1-2H2. The summed E-state index contributed by atoms with van der Waals surface area (Å²) in [6, 6.07) is 7.21. The van der Waals surface area contributed by atoms with Gasteiger partial charge in [-0.1, -0.05) is 13.2 Å². The Labute approximate surface area is 139 Å². The van der Waals surface area contributed by atoms with E-state index >= 15 is 0 Å². The number of carbonyl (C=O) groups is 1. The molecule has 0 aliphatic rings. The number of esters is 1. The van der Waals surface area contributed by atoms with Crippen molar-refractivity contribution in [2.75, 3.05) is 0 Å². The highest BCUT2D eigenvalue weighted by atomic mass is 32.2. The van der Waals surface area contributed by atoms with Gasteiger partial charge in [0.25, 0.3) is 0 Å². The molecule has 0 saturated heterocycles. The van der Waals surface area contributed by atoms with Crippen molar-refractivity contribution in [2.24, 2.45) is 0 Å². The number of benzene rings is 2. The van der Waals surface area contributed by atoms with E-state index in [1.165, 1.54) is 24.3 Å². The Morgan fingerprint density at radius 2 is 1.54 bits per heavy atom. The molecule has 0 aliphatic carbocycles. The molecule has 0 aliphatic heterocycles. The summed E-state index contributed by atoms with van der Waals surface area (Å²) in [4.78, 5) is 11.1. The van der Waals surface area contributed by atoms with Gasteiger partial charge >= 0.3 is 5.97 Å². The van der Waals surface area contributed by atoms with Crippen molar-refractivity contribution in [3.8, 4) is 22.6 Å². The average Bonchev–Trinajstić information content (AvgIpc) is 2.55. The van der Waals surface area contributed by atoms with Gasteiger partial charge in [0.1, 0.15) is 23.1 Å². The van der Waals surface area contributed by atoms with E-state index in [2.05, 4.69) is 13.2 Å². The molecule has 0 amide bonds. The Morgan fingerprint density at radius 1 is 1.00 bits per heavy atom. The van der Waals surface area contributed by atoms with E-state index < -0.39 is 28.7 Å². The van der Waals surface area contributed by atoms with E-state index in [0.29, 0.717) is 0 Å². The first-order valence-corrected chi connectivity index (χ1v) is 7.73. The summed E-state index contributed by atoms with van der Waals surface area (Å²) in [6.07, 6.45) is 0.942. The minimum Gasteiger partial charge on any atom is -0.423 e. The lowest BCUT2D eigenvalue weighted by Crippen LogP contribution is -2.03. The van der Waals surface area contributed by atoms with E-state index in [9.17, 15) is 17.8 Å². The van der Waals surface area contributed by atoms with Gasteiger partial charge in [0.15, 0.2) is 0 Å². The fourth-order valence-electron chi connectivity index (χ4n) is 1.83. The van der Waals surface area contributed by atoms with E-state index in [1.54, 1.807) is 0 Å². The molecule has 0 saturated carbocycles. The monoisotopic (exact) mass is 350 g/mol. The highest BCUT2D eigenvalue weighted by Gasteiger charge is 2.13. The lowest BCUT2D eigenvalue weighted by atomic mass is 10.0. The van der Waals surface area contributed by atoms with Crippen LogP contribution >= 0.6 is 0 Å². The second kappa shape index (κ2) is 7.65. The lowest BCUT2D eigenvalue weighted by Gasteiger charge is -2.09. The van der Waals surface area contributed by atoms with E-state index in [4.69, 9.17) is 8.92 Å². The number of hydrogen-bond acceptors (Lipinski definition) is 4. The zero-order valence-corrected chi connectivity index (χ0v) is 13.1. The average molecular weight is 350 g/mol. The lowest BCUT2D eigenvalue weighted by molar-refractivity contribution is -0.128. The third-order valence-electron chi connectivity index (χ3n) is 2.87. The third-order valence-corrected chi connectivity index (χ3v) is 3.50. The predicted octanol–water partition coefficient (Wildman–Crippen LogP) is 3.91. The zero-order valence-electron chi connectivity index (χ0n) is 12.3. The quantitative estimate of drug-likeness (QED) is 0.450. The normalized spacial score (nSPS) is 11.4. The van der Waals surface area contributed by atoms with Crippen LogP contribution in [-0.4, -0.2) is 10.2 Å². The molecule has 4 nitrogen and oxygen atoms in total. The van der Waals surface area contributed by atoms with Crippen molar-refractivity contribution in [3.05, 3.63) is 72.7 Å². The Bertz CT molecular complexity index is 764. The van der Waals surface area contributed by atoms with Crippen LogP contribution in [0.5, 0.6) is 11.5 Å². The molecule has 2 rings (SSSR count). The number of halogens is 2. The Morgan fingerprint density at radius 3 is 2.04 bits per heavy atom. The highest BCUT2D eigenvalue weighted by Crippen LogP contribution is 2.30. The molecule has 24 heavy (non-hydrogen) atoms. The van der Waals surface area contributed by atoms with Crippen molar-refractivity contribution in [2.45, 2.75) is 0 Å². The van der Waals surface area contributed by atoms with Crippen molar-refractivity contribution in [3.63, 3.8) is 0 Å². The van der Waals surface area contributed by atoms with Gasteiger partial charge in [-0.3, -0.25) is 0 Å². The number of carbonyl (C=O) groups excluding carboxylic acids is 1. The van der Waals surface area contributed by atoms with Crippen molar-refractivity contribution in [1.82, 2.24) is 0 Å². The van der Waals surface area contributed by atoms with E-state index in [0.717, 1.165) is 23.6 Å². The van der Waals surface area contributed by atoms with Crippen LogP contribution in [0.4, 0.5) is 8.78 Å². The first kappa shape index (κ1) is 17.6. The summed E-state index contributed by atoms with van der Waals surface area (Å²) in [5, 5.41) is 1.05. The van der Waals surface area contributed by atoms with Gasteiger partial charge < -0.3 is 8.92 Å². The summed E-state index contributed by atoms with van der Waals surface area (Å²) in [5.74, 6) is -2.27. The van der Waals surface area contributed by atoms with Crippen LogP contribution in [0.3, 0.4) is 0 Å².